The van der Waals surface area contributed by atoms with Crippen LogP contribution in [0.2, 0.25) is 0 Å². The Morgan fingerprint density at radius 3 is 2.67 bits per heavy atom. The summed E-state index contributed by atoms with van der Waals surface area (Å²) in [7, 11) is 5.31. The SMILES string of the molecule is C=CCSC/C=C\SSCc1ccc(OC)cc1. The monoisotopic (exact) mass is 298 g/mol. The van der Waals surface area contributed by atoms with Gasteiger partial charge in [-0.25, -0.2) is 0 Å². The van der Waals surface area contributed by atoms with Gasteiger partial charge in [-0.2, -0.15) is 11.8 Å². The van der Waals surface area contributed by atoms with E-state index in [1.807, 2.05) is 40.8 Å². The molecule has 1 aromatic rings. The van der Waals surface area contributed by atoms with Crippen LogP contribution in [0, 0.1) is 0 Å². The van der Waals surface area contributed by atoms with Gasteiger partial charge in [-0.3, -0.25) is 0 Å². The van der Waals surface area contributed by atoms with E-state index in [-0.39, 0.29) is 0 Å². The van der Waals surface area contributed by atoms with Crippen molar-refractivity contribution >= 4 is 33.3 Å². The number of rotatable bonds is 9. The van der Waals surface area contributed by atoms with E-state index in [0.29, 0.717) is 0 Å². The molecule has 0 heterocycles. The lowest BCUT2D eigenvalue weighted by Gasteiger charge is -2.01. The van der Waals surface area contributed by atoms with Crippen molar-refractivity contribution in [3.63, 3.8) is 0 Å². The van der Waals surface area contributed by atoms with E-state index >= 15 is 0 Å². The van der Waals surface area contributed by atoms with Gasteiger partial charge in [-0.1, -0.05) is 45.9 Å². The van der Waals surface area contributed by atoms with Crippen molar-refractivity contribution in [2.24, 2.45) is 0 Å². The third-order valence-corrected chi connectivity index (χ3v) is 4.94. The molecule has 0 N–H and O–H groups in total. The van der Waals surface area contributed by atoms with Crippen LogP contribution in [0.4, 0.5) is 0 Å². The first kappa shape index (κ1) is 15.6. The van der Waals surface area contributed by atoms with Gasteiger partial charge in [-0.15, -0.1) is 6.58 Å². The van der Waals surface area contributed by atoms with Gasteiger partial charge in [0.1, 0.15) is 5.75 Å². The van der Waals surface area contributed by atoms with Gasteiger partial charge in [0.15, 0.2) is 0 Å². The normalized spacial score (nSPS) is 10.7. The number of hydrogen-bond donors (Lipinski definition) is 0. The number of methoxy groups -OCH3 is 1. The van der Waals surface area contributed by atoms with Gasteiger partial charge in [0.2, 0.25) is 0 Å². The Labute approximate surface area is 122 Å². The van der Waals surface area contributed by atoms with Gasteiger partial charge in [0.05, 0.1) is 7.11 Å². The summed E-state index contributed by atoms with van der Waals surface area (Å²) in [5.41, 5.74) is 1.32. The lowest BCUT2D eigenvalue weighted by molar-refractivity contribution is 0.414. The van der Waals surface area contributed by atoms with Crippen LogP contribution in [-0.2, 0) is 5.75 Å². The highest BCUT2D eigenvalue weighted by molar-refractivity contribution is 8.77. The number of benzene rings is 1. The standard InChI is InChI=1S/C14H18OS3/c1-3-9-16-10-4-11-17-18-12-13-5-7-14(15-2)8-6-13/h3-8,11H,1,9-10,12H2,2H3/b11-4-. The summed E-state index contributed by atoms with van der Waals surface area (Å²) < 4.78 is 5.13. The minimum atomic E-state index is 0.913. The maximum absolute atomic E-state index is 5.13. The fraction of sp³-hybridized carbons (Fsp3) is 0.286. The number of thioether (sulfide) groups is 1. The topological polar surface area (TPSA) is 9.23 Å². The second-order valence-electron chi connectivity index (χ2n) is 3.40. The van der Waals surface area contributed by atoms with Crippen LogP contribution in [0.1, 0.15) is 5.56 Å². The van der Waals surface area contributed by atoms with Crippen LogP contribution in [0.15, 0.2) is 48.4 Å². The van der Waals surface area contributed by atoms with E-state index in [4.69, 9.17) is 4.74 Å². The van der Waals surface area contributed by atoms with Crippen LogP contribution in [0.25, 0.3) is 0 Å². The first-order valence-corrected chi connectivity index (χ1v) is 9.15. The van der Waals surface area contributed by atoms with Gasteiger partial charge >= 0.3 is 0 Å². The molecule has 0 saturated heterocycles. The number of ether oxygens (including phenoxy) is 1. The zero-order chi connectivity index (χ0) is 13.1. The zero-order valence-corrected chi connectivity index (χ0v) is 13.0. The van der Waals surface area contributed by atoms with Crippen molar-refractivity contribution in [3.8, 4) is 5.75 Å². The fourth-order valence-corrected chi connectivity index (χ4v) is 3.55. The average Bonchev–Trinajstić information content (AvgIpc) is 2.42. The van der Waals surface area contributed by atoms with Crippen molar-refractivity contribution in [2.75, 3.05) is 18.6 Å². The molecule has 0 bridgehead atoms. The number of hydrogen-bond acceptors (Lipinski definition) is 4. The van der Waals surface area contributed by atoms with Crippen LogP contribution in [0.5, 0.6) is 5.75 Å². The Bertz CT molecular complexity index is 360. The molecule has 98 valence electrons. The van der Waals surface area contributed by atoms with Crippen LogP contribution in [-0.4, -0.2) is 18.6 Å². The van der Waals surface area contributed by atoms with E-state index in [0.717, 1.165) is 23.0 Å². The van der Waals surface area contributed by atoms with E-state index in [1.54, 1.807) is 17.9 Å². The molecule has 0 spiro atoms. The van der Waals surface area contributed by atoms with E-state index < -0.39 is 0 Å². The predicted octanol–water partition coefficient (Wildman–Crippen LogP) is 5.01. The largest absolute Gasteiger partial charge is 0.497 e. The minimum Gasteiger partial charge on any atom is -0.497 e. The molecular weight excluding hydrogens is 280 g/mol. The third kappa shape index (κ3) is 7.09. The maximum Gasteiger partial charge on any atom is 0.118 e. The third-order valence-electron chi connectivity index (χ3n) is 2.05. The molecule has 0 aliphatic heterocycles. The van der Waals surface area contributed by atoms with Crippen molar-refractivity contribution in [2.45, 2.75) is 5.75 Å². The van der Waals surface area contributed by atoms with E-state index in [9.17, 15) is 0 Å². The van der Waals surface area contributed by atoms with Gasteiger partial charge in [0, 0.05) is 17.3 Å². The molecule has 0 aliphatic rings. The lowest BCUT2D eigenvalue weighted by atomic mass is 10.2. The molecule has 0 saturated carbocycles. The molecule has 1 nitrogen and oxygen atoms in total. The molecule has 0 atom stereocenters. The summed E-state index contributed by atoms with van der Waals surface area (Å²) in [5.74, 6) is 4.00. The molecule has 0 radical (unpaired) electrons. The van der Waals surface area contributed by atoms with Gasteiger partial charge in [-0.05, 0) is 23.1 Å². The van der Waals surface area contributed by atoms with Crippen molar-refractivity contribution in [1.29, 1.82) is 0 Å². The predicted molar refractivity (Wildman–Crippen MR) is 88.5 cm³/mol. The minimum absolute atomic E-state index is 0.913. The lowest BCUT2D eigenvalue weighted by Crippen LogP contribution is -1.83. The first-order valence-electron chi connectivity index (χ1n) is 5.61. The van der Waals surface area contributed by atoms with Crippen LogP contribution < -0.4 is 4.74 Å². The smallest absolute Gasteiger partial charge is 0.118 e. The zero-order valence-electron chi connectivity index (χ0n) is 10.5. The Morgan fingerprint density at radius 2 is 2.00 bits per heavy atom. The summed E-state index contributed by atoms with van der Waals surface area (Å²) in [5, 5.41) is 2.16. The molecule has 0 aliphatic carbocycles. The molecule has 1 rings (SSSR count). The molecule has 0 unspecified atom stereocenters. The molecule has 0 amide bonds. The highest BCUT2D eigenvalue weighted by Crippen LogP contribution is 2.27. The molecule has 1 aromatic carbocycles. The molecule has 0 aromatic heterocycles. The highest BCUT2D eigenvalue weighted by Gasteiger charge is 1.94. The summed E-state index contributed by atoms with van der Waals surface area (Å²) in [6.07, 6.45) is 4.13. The fourth-order valence-electron chi connectivity index (χ4n) is 1.16. The Kier molecular flexibility index (Phi) is 9.08. The summed E-state index contributed by atoms with van der Waals surface area (Å²) in [6.45, 7) is 3.69. The summed E-state index contributed by atoms with van der Waals surface area (Å²) in [6, 6.07) is 8.22. The highest BCUT2D eigenvalue weighted by atomic mass is 33.1. The summed E-state index contributed by atoms with van der Waals surface area (Å²) in [4.78, 5) is 0. The van der Waals surface area contributed by atoms with E-state index in [2.05, 4.69) is 30.2 Å². The molecule has 4 heteroatoms. The first-order chi connectivity index (χ1) is 8.86. The Hall–Kier alpha value is -0.450. The quantitative estimate of drug-likeness (QED) is 0.360. The van der Waals surface area contributed by atoms with Crippen LogP contribution in [0.3, 0.4) is 0 Å². The van der Waals surface area contributed by atoms with Crippen LogP contribution >= 0.6 is 33.3 Å². The van der Waals surface area contributed by atoms with Crippen molar-refractivity contribution < 1.29 is 4.74 Å². The second kappa shape index (κ2) is 10.5. The molecule has 0 fully saturated rings. The molecular formula is C14H18OS3. The maximum atomic E-state index is 5.13. The second-order valence-corrected chi connectivity index (χ2v) is 6.75. The van der Waals surface area contributed by atoms with Crippen molar-refractivity contribution in [3.05, 3.63) is 54.0 Å². The summed E-state index contributed by atoms with van der Waals surface area (Å²) >= 11 is 1.87. The Balaban J connectivity index is 2.11. The van der Waals surface area contributed by atoms with Gasteiger partial charge < -0.3 is 4.74 Å². The Morgan fingerprint density at radius 1 is 1.22 bits per heavy atom. The van der Waals surface area contributed by atoms with E-state index in [1.165, 1.54) is 5.56 Å². The van der Waals surface area contributed by atoms with Gasteiger partial charge in [0.25, 0.3) is 0 Å². The average molecular weight is 298 g/mol. The van der Waals surface area contributed by atoms with Crippen molar-refractivity contribution in [1.82, 2.24) is 0 Å². The molecule has 18 heavy (non-hydrogen) atoms.